The Bertz CT molecular complexity index is 605. The molecule has 20 heavy (non-hydrogen) atoms. The van der Waals surface area contributed by atoms with Gasteiger partial charge in [-0.05, 0) is 12.1 Å². The lowest BCUT2D eigenvalue weighted by Gasteiger charge is -2.21. The highest BCUT2D eigenvalue weighted by atomic mass is 35.5. The van der Waals surface area contributed by atoms with Gasteiger partial charge in [0.25, 0.3) is 0 Å². The Morgan fingerprint density at radius 1 is 1.45 bits per heavy atom. The van der Waals surface area contributed by atoms with Crippen LogP contribution in [-0.4, -0.2) is 48.0 Å². The Hall–Kier alpha value is -1.39. The van der Waals surface area contributed by atoms with E-state index in [1.807, 2.05) is 0 Å². The lowest BCUT2D eigenvalue weighted by atomic mass is 10.5. The largest absolute Gasteiger partial charge is 0.480 e. The standard InChI is InChI=1S/C9H8ClF3N2O4S/c10-8-6(2-1-3-14-8)20(18,19)15(4-7(16)17)5-9(11,12)13/h1-3H,4-5H2,(H,16,17). The number of hydrogen-bond acceptors (Lipinski definition) is 4. The molecule has 1 aromatic rings. The van der Waals surface area contributed by atoms with Crippen molar-refractivity contribution in [3.05, 3.63) is 23.5 Å². The van der Waals surface area contributed by atoms with Gasteiger partial charge in [0, 0.05) is 6.20 Å². The molecule has 0 aliphatic rings. The van der Waals surface area contributed by atoms with Crippen LogP contribution < -0.4 is 0 Å². The van der Waals surface area contributed by atoms with Crippen LogP contribution in [0, 0.1) is 0 Å². The molecule has 0 fully saturated rings. The second-order valence-electron chi connectivity index (χ2n) is 3.57. The van der Waals surface area contributed by atoms with Crippen molar-refractivity contribution in [3.63, 3.8) is 0 Å². The van der Waals surface area contributed by atoms with Gasteiger partial charge < -0.3 is 5.11 Å². The van der Waals surface area contributed by atoms with E-state index in [1.54, 1.807) is 0 Å². The van der Waals surface area contributed by atoms with Crippen LogP contribution in [0.1, 0.15) is 0 Å². The average Bonchev–Trinajstić information content (AvgIpc) is 2.25. The van der Waals surface area contributed by atoms with Crippen molar-refractivity contribution >= 4 is 27.6 Å². The molecule has 0 aromatic carbocycles. The lowest BCUT2D eigenvalue weighted by Crippen LogP contribution is -2.42. The second-order valence-corrected chi connectivity index (χ2v) is 5.84. The number of carboxylic acids is 1. The second kappa shape index (κ2) is 5.94. The highest BCUT2D eigenvalue weighted by Crippen LogP contribution is 2.25. The maximum Gasteiger partial charge on any atom is 0.402 e. The maximum atomic E-state index is 12.4. The lowest BCUT2D eigenvalue weighted by molar-refractivity contribution is -0.146. The molecular formula is C9H8ClF3N2O4S. The number of halogens is 4. The van der Waals surface area contributed by atoms with Gasteiger partial charge in [-0.2, -0.15) is 17.5 Å². The molecular weight excluding hydrogens is 325 g/mol. The molecule has 11 heteroatoms. The summed E-state index contributed by atoms with van der Waals surface area (Å²) in [4.78, 5) is 13.3. The molecule has 1 heterocycles. The first kappa shape index (κ1) is 16.7. The normalized spacial score (nSPS) is 12.7. The fourth-order valence-electron chi connectivity index (χ4n) is 1.28. The molecule has 112 valence electrons. The molecule has 0 bridgehead atoms. The van der Waals surface area contributed by atoms with E-state index in [0.717, 1.165) is 18.3 Å². The Morgan fingerprint density at radius 3 is 2.50 bits per heavy atom. The molecule has 0 saturated carbocycles. The predicted molar refractivity (Wildman–Crippen MR) is 61.7 cm³/mol. The summed E-state index contributed by atoms with van der Waals surface area (Å²) in [5, 5.41) is 8.00. The third kappa shape index (κ3) is 4.32. The molecule has 0 atom stereocenters. The molecule has 0 saturated heterocycles. The molecule has 0 aliphatic heterocycles. The van der Waals surface area contributed by atoms with Gasteiger partial charge in [-0.1, -0.05) is 11.6 Å². The van der Waals surface area contributed by atoms with E-state index in [4.69, 9.17) is 16.7 Å². The zero-order valence-corrected chi connectivity index (χ0v) is 11.2. The Kier molecular flexibility index (Phi) is 4.95. The average molecular weight is 333 g/mol. The van der Waals surface area contributed by atoms with Crippen LogP contribution in [0.5, 0.6) is 0 Å². The number of pyridine rings is 1. The third-order valence-corrected chi connectivity index (χ3v) is 4.25. The minimum atomic E-state index is -4.89. The van der Waals surface area contributed by atoms with E-state index in [2.05, 4.69) is 4.98 Å². The first-order valence-corrected chi connectivity index (χ1v) is 6.75. The van der Waals surface area contributed by atoms with Crippen LogP contribution in [0.3, 0.4) is 0 Å². The molecule has 1 aromatic heterocycles. The number of carboxylic acid groups (broad SMARTS) is 1. The van der Waals surface area contributed by atoms with E-state index in [0.29, 0.717) is 0 Å². The molecule has 0 amide bonds. The highest BCUT2D eigenvalue weighted by Gasteiger charge is 2.39. The fraction of sp³-hybridized carbons (Fsp3) is 0.333. The van der Waals surface area contributed by atoms with Gasteiger partial charge >= 0.3 is 12.1 Å². The van der Waals surface area contributed by atoms with E-state index < -0.39 is 45.3 Å². The first-order chi connectivity index (χ1) is 9.04. The number of hydrogen-bond donors (Lipinski definition) is 1. The van der Waals surface area contributed by atoms with Gasteiger partial charge in [-0.15, -0.1) is 0 Å². The summed E-state index contributed by atoms with van der Waals surface area (Å²) in [5.41, 5.74) is 0. The summed E-state index contributed by atoms with van der Waals surface area (Å²) < 4.78 is 60.9. The summed E-state index contributed by atoms with van der Waals surface area (Å²) in [7, 11) is -4.72. The quantitative estimate of drug-likeness (QED) is 0.823. The van der Waals surface area contributed by atoms with Crippen molar-refractivity contribution in [3.8, 4) is 0 Å². The fourth-order valence-corrected chi connectivity index (χ4v) is 3.08. The number of alkyl halides is 3. The van der Waals surface area contributed by atoms with Crippen LogP contribution in [0.2, 0.25) is 5.15 Å². The van der Waals surface area contributed by atoms with Gasteiger partial charge in [0.2, 0.25) is 10.0 Å². The van der Waals surface area contributed by atoms with Gasteiger partial charge in [-0.25, -0.2) is 13.4 Å². The van der Waals surface area contributed by atoms with E-state index >= 15 is 0 Å². The number of rotatable bonds is 5. The summed E-state index contributed by atoms with van der Waals surface area (Å²) in [6.07, 6.45) is -3.75. The summed E-state index contributed by atoms with van der Waals surface area (Å²) >= 11 is 5.51. The van der Waals surface area contributed by atoms with Gasteiger partial charge in [0.05, 0.1) is 0 Å². The van der Waals surface area contributed by atoms with Crippen LogP contribution in [-0.2, 0) is 14.8 Å². The molecule has 1 N–H and O–H groups in total. The minimum Gasteiger partial charge on any atom is -0.480 e. The zero-order valence-electron chi connectivity index (χ0n) is 9.63. The van der Waals surface area contributed by atoms with Crippen molar-refractivity contribution in [1.82, 2.24) is 9.29 Å². The number of carbonyl (C=O) groups is 1. The molecule has 0 unspecified atom stereocenters. The maximum absolute atomic E-state index is 12.4. The first-order valence-electron chi connectivity index (χ1n) is 4.93. The van der Waals surface area contributed by atoms with Crippen molar-refractivity contribution in [2.24, 2.45) is 0 Å². The van der Waals surface area contributed by atoms with Crippen molar-refractivity contribution in [2.75, 3.05) is 13.1 Å². The van der Waals surface area contributed by atoms with Crippen LogP contribution in [0.15, 0.2) is 23.2 Å². The number of aliphatic carboxylic acids is 1. The summed E-state index contributed by atoms with van der Waals surface area (Å²) in [6.45, 7) is -3.28. The summed E-state index contributed by atoms with van der Waals surface area (Å²) in [6, 6.07) is 2.10. The van der Waals surface area contributed by atoms with Crippen molar-refractivity contribution in [1.29, 1.82) is 0 Å². The topological polar surface area (TPSA) is 87.6 Å². The van der Waals surface area contributed by atoms with E-state index in [9.17, 15) is 26.4 Å². The van der Waals surface area contributed by atoms with Gasteiger partial charge in [-0.3, -0.25) is 4.79 Å². The SMILES string of the molecule is O=C(O)CN(CC(F)(F)F)S(=O)(=O)c1cccnc1Cl. The van der Waals surface area contributed by atoms with Crippen LogP contribution >= 0.6 is 11.6 Å². The Balaban J connectivity index is 3.24. The third-order valence-electron chi connectivity index (χ3n) is 2.01. The number of aromatic nitrogens is 1. The number of sulfonamides is 1. The Morgan fingerprint density at radius 2 is 2.05 bits per heavy atom. The monoisotopic (exact) mass is 332 g/mol. The molecule has 0 radical (unpaired) electrons. The predicted octanol–water partition coefficient (Wildman–Crippen LogP) is 1.37. The van der Waals surface area contributed by atoms with Crippen molar-refractivity contribution in [2.45, 2.75) is 11.1 Å². The minimum absolute atomic E-state index is 0.224. The Labute approximate surface area is 116 Å². The van der Waals surface area contributed by atoms with Crippen LogP contribution in [0.25, 0.3) is 0 Å². The van der Waals surface area contributed by atoms with Crippen LogP contribution in [0.4, 0.5) is 13.2 Å². The van der Waals surface area contributed by atoms with Gasteiger partial charge in [0.1, 0.15) is 23.1 Å². The number of nitrogens with zero attached hydrogens (tertiary/aromatic N) is 2. The molecule has 0 spiro atoms. The van der Waals surface area contributed by atoms with E-state index in [-0.39, 0.29) is 4.31 Å². The molecule has 0 aliphatic carbocycles. The molecule has 1 rings (SSSR count). The highest BCUT2D eigenvalue weighted by molar-refractivity contribution is 7.89. The smallest absolute Gasteiger partial charge is 0.402 e. The van der Waals surface area contributed by atoms with Crippen molar-refractivity contribution < 1.29 is 31.5 Å². The van der Waals surface area contributed by atoms with E-state index in [1.165, 1.54) is 0 Å². The van der Waals surface area contributed by atoms with Gasteiger partial charge in [0.15, 0.2) is 0 Å². The molecule has 6 nitrogen and oxygen atoms in total. The zero-order chi connectivity index (χ0) is 15.6. The summed E-state index contributed by atoms with van der Waals surface area (Å²) in [5.74, 6) is -1.72.